The minimum Gasteiger partial charge on any atom is -0.497 e. The second kappa shape index (κ2) is 4.04. The lowest BCUT2D eigenvalue weighted by atomic mass is 10.00. The van der Waals surface area contributed by atoms with E-state index in [2.05, 4.69) is 11.8 Å². The highest BCUT2D eigenvalue weighted by molar-refractivity contribution is 5.95. The molecule has 0 unspecified atom stereocenters. The average Bonchev–Trinajstić information content (AvgIpc) is 2.23. The molecule has 0 radical (unpaired) electrons. The zero-order chi connectivity index (χ0) is 11.7. The molecule has 1 aromatic rings. The van der Waals surface area contributed by atoms with Gasteiger partial charge in [0.1, 0.15) is 5.75 Å². The Labute approximate surface area is 94.4 Å². The molecular formula is C12H15NO3. The predicted octanol–water partition coefficient (Wildman–Crippen LogP) is 1.85. The topological polar surface area (TPSA) is 49.8 Å². The molecule has 1 heterocycles. The van der Waals surface area contributed by atoms with Gasteiger partial charge in [0.05, 0.1) is 18.4 Å². The minimum atomic E-state index is -0.891. The molecule has 0 aromatic heterocycles. The summed E-state index contributed by atoms with van der Waals surface area (Å²) in [4.78, 5) is 13.1. The van der Waals surface area contributed by atoms with E-state index in [1.165, 1.54) is 0 Å². The molecule has 4 heteroatoms. The molecule has 1 aromatic carbocycles. The van der Waals surface area contributed by atoms with Crippen molar-refractivity contribution in [3.63, 3.8) is 0 Å². The Balaban J connectivity index is 2.35. The molecule has 1 saturated heterocycles. The second-order valence-electron chi connectivity index (χ2n) is 4.20. The number of carboxylic acids is 1. The van der Waals surface area contributed by atoms with E-state index in [1.54, 1.807) is 25.3 Å². The predicted molar refractivity (Wildman–Crippen MR) is 61.3 cm³/mol. The molecule has 4 nitrogen and oxygen atoms in total. The fourth-order valence-corrected chi connectivity index (χ4v) is 1.98. The van der Waals surface area contributed by atoms with Crippen LogP contribution in [0.2, 0.25) is 0 Å². The summed E-state index contributed by atoms with van der Waals surface area (Å²) in [5.41, 5.74) is 1.10. The molecule has 0 atom stereocenters. The van der Waals surface area contributed by atoms with E-state index >= 15 is 0 Å². The summed E-state index contributed by atoms with van der Waals surface area (Å²) in [6, 6.07) is 5.06. The van der Waals surface area contributed by atoms with Crippen LogP contribution in [0.25, 0.3) is 0 Å². The monoisotopic (exact) mass is 221 g/mol. The first-order valence-electron chi connectivity index (χ1n) is 5.28. The van der Waals surface area contributed by atoms with Crippen LogP contribution in [0.3, 0.4) is 0 Å². The Morgan fingerprint density at radius 3 is 2.69 bits per heavy atom. The summed E-state index contributed by atoms with van der Waals surface area (Å²) in [5.74, 6) is 0.435. The highest BCUT2D eigenvalue weighted by atomic mass is 16.5. The average molecular weight is 221 g/mol. The lowest BCUT2D eigenvalue weighted by Gasteiger charge is -2.39. The molecule has 0 bridgehead atoms. The van der Waals surface area contributed by atoms with Gasteiger partial charge in [-0.2, -0.15) is 0 Å². The van der Waals surface area contributed by atoms with Crippen molar-refractivity contribution in [2.24, 2.45) is 5.92 Å². The van der Waals surface area contributed by atoms with E-state index < -0.39 is 5.97 Å². The standard InChI is InChI=1S/C12H15NO3/c1-8-6-13(7-8)11-5-9(16-2)3-4-10(11)12(14)15/h3-5,8H,6-7H2,1-2H3,(H,14,15). The number of ether oxygens (including phenoxy) is 1. The van der Waals surface area contributed by atoms with Crippen molar-refractivity contribution < 1.29 is 14.6 Å². The number of nitrogens with zero attached hydrogens (tertiary/aromatic N) is 1. The molecule has 1 aliphatic heterocycles. The first-order chi connectivity index (χ1) is 7.61. The van der Waals surface area contributed by atoms with Gasteiger partial charge in [-0.05, 0) is 18.1 Å². The quantitative estimate of drug-likeness (QED) is 0.846. The number of hydrogen-bond donors (Lipinski definition) is 1. The van der Waals surface area contributed by atoms with Crippen LogP contribution in [0.5, 0.6) is 5.75 Å². The lowest BCUT2D eigenvalue weighted by Crippen LogP contribution is -2.45. The Bertz CT molecular complexity index is 411. The van der Waals surface area contributed by atoms with Crippen molar-refractivity contribution in [3.05, 3.63) is 23.8 Å². The van der Waals surface area contributed by atoms with Crippen LogP contribution in [0.15, 0.2) is 18.2 Å². The van der Waals surface area contributed by atoms with Gasteiger partial charge in [-0.3, -0.25) is 0 Å². The van der Waals surface area contributed by atoms with E-state index in [0.717, 1.165) is 18.8 Å². The van der Waals surface area contributed by atoms with Crippen molar-refractivity contribution in [2.45, 2.75) is 6.92 Å². The van der Waals surface area contributed by atoms with Gasteiger partial charge in [-0.25, -0.2) is 4.79 Å². The summed E-state index contributed by atoms with van der Waals surface area (Å²) in [6.45, 7) is 3.97. The second-order valence-corrected chi connectivity index (χ2v) is 4.20. The molecule has 16 heavy (non-hydrogen) atoms. The number of rotatable bonds is 3. The molecular weight excluding hydrogens is 206 g/mol. The summed E-state index contributed by atoms with van der Waals surface area (Å²) in [5, 5.41) is 9.10. The smallest absolute Gasteiger partial charge is 0.337 e. The van der Waals surface area contributed by atoms with Crippen LogP contribution < -0.4 is 9.64 Å². The SMILES string of the molecule is COc1ccc(C(=O)O)c(N2CC(C)C2)c1. The van der Waals surface area contributed by atoms with Crippen LogP contribution in [0, 0.1) is 5.92 Å². The van der Waals surface area contributed by atoms with E-state index in [-0.39, 0.29) is 0 Å². The fraction of sp³-hybridized carbons (Fsp3) is 0.417. The molecule has 2 rings (SSSR count). The zero-order valence-electron chi connectivity index (χ0n) is 9.43. The van der Waals surface area contributed by atoms with Gasteiger partial charge in [0.25, 0.3) is 0 Å². The number of aromatic carboxylic acids is 1. The van der Waals surface area contributed by atoms with Crippen LogP contribution in [-0.4, -0.2) is 31.3 Å². The van der Waals surface area contributed by atoms with Crippen molar-refractivity contribution in [2.75, 3.05) is 25.1 Å². The highest BCUT2D eigenvalue weighted by Crippen LogP contribution is 2.31. The lowest BCUT2D eigenvalue weighted by molar-refractivity contribution is 0.0697. The highest BCUT2D eigenvalue weighted by Gasteiger charge is 2.26. The van der Waals surface area contributed by atoms with Crippen molar-refractivity contribution in [1.82, 2.24) is 0 Å². The van der Waals surface area contributed by atoms with Gasteiger partial charge >= 0.3 is 5.97 Å². The molecule has 0 amide bonds. The third-order valence-electron chi connectivity index (χ3n) is 2.84. The third kappa shape index (κ3) is 1.83. The van der Waals surface area contributed by atoms with Gasteiger partial charge in [0.15, 0.2) is 0 Å². The normalized spacial score (nSPS) is 15.8. The molecule has 0 saturated carbocycles. The number of carboxylic acid groups (broad SMARTS) is 1. The van der Waals surface area contributed by atoms with Crippen LogP contribution in [0.4, 0.5) is 5.69 Å². The largest absolute Gasteiger partial charge is 0.497 e. The Morgan fingerprint density at radius 1 is 1.50 bits per heavy atom. The Hall–Kier alpha value is -1.71. The molecule has 1 fully saturated rings. The number of methoxy groups -OCH3 is 1. The van der Waals surface area contributed by atoms with E-state index in [1.807, 2.05) is 0 Å². The van der Waals surface area contributed by atoms with Crippen LogP contribution in [-0.2, 0) is 0 Å². The molecule has 1 aliphatic rings. The Morgan fingerprint density at radius 2 is 2.19 bits per heavy atom. The Kier molecular flexibility index (Phi) is 2.73. The molecule has 0 aliphatic carbocycles. The number of anilines is 1. The van der Waals surface area contributed by atoms with E-state index in [0.29, 0.717) is 17.2 Å². The van der Waals surface area contributed by atoms with Crippen molar-refractivity contribution in [3.8, 4) is 5.75 Å². The molecule has 1 N–H and O–H groups in total. The first kappa shape index (κ1) is 10.8. The maximum absolute atomic E-state index is 11.1. The summed E-state index contributed by atoms with van der Waals surface area (Å²) >= 11 is 0. The van der Waals surface area contributed by atoms with Gasteiger partial charge in [0.2, 0.25) is 0 Å². The zero-order valence-corrected chi connectivity index (χ0v) is 9.43. The van der Waals surface area contributed by atoms with Crippen LogP contribution in [0.1, 0.15) is 17.3 Å². The maximum Gasteiger partial charge on any atom is 0.337 e. The van der Waals surface area contributed by atoms with Gasteiger partial charge in [-0.15, -0.1) is 0 Å². The minimum absolute atomic E-state index is 0.340. The molecule has 0 spiro atoms. The summed E-state index contributed by atoms with van der Waals surface area (Å²) < 4.78 is 5.12. The van der Waals surface area contributed by atoms with Crippen LogP contribution >= 0.6 is 0 Å². The first-order valence-corrected chi connectivity index (χ1v) is 5.28. The van der Waals surface area contributed by atoms with Gasteiger partial charge in [-0.1, -0.05) is 6.92 Å². The fourth-order valence-electron chi connectivity index (χ4n) is 1.98. The van der Waals surface area contributed by atoms with Crippen molar-refractivity contribution >= 4 is 11.7 Å². The number of benzene rings is 1. The maximum atomic E-state index is 11.1. The van der Waals surface area contributed by atoms with E-state index in [4.69, 9.17) is 9.84 Å². The van der Waals surface area contributed by atoms with Gasteiger partial charge in [0, 0.05) is 19.2 Å². The van der Waals surface area contributed by atoms with E-state index in [9.17, 15) is 4.79 Å². The summed E-state index contributed by atoms with van der Waals surface area (Å²) in [6.07, 6.45) is 0. The van der Waals surface area contributed by atoms with Gasteiger partial charge < -0.3 is 14.7 Å². The molecule has 86 valence electrons. The summed E-state index contributed by atoms with van der Waals surface area (Å²) in [7, 11) is 1.58. The van der Waals surface area contributed by atoms with Crippen molar-refractivity contribution in [1.29, 1.82) is 0 Å². The number of hydrogen-bond acceptors (Lipinski definition) is 3. The number of carbonyl (C=O) groups is 1. The third-order valence-corrected chi connectivity index (χ3v) is 2.84.